The van der Waals surface area contributed by atoms with E-state index in [1.54, 1.807) is 11.9 Å². The van der Waals surface area contributed by atoms with Crippen molar-refractivity contribution in [1.29, 1.82) is 0 Å². The number of amides is 1. The van der Waals surface area contributed by atoms with Gasteiger partial charge in [0.1, 0.15) is 5.60 Å². The standard InChI is InChI=1S/C26H31N3O2S/c1-26(2,3)31-25(30)28-17-9-10-20(18-28)19-29(22-13-5-4-6-14-22)32-23-15-7-11-21-12-8-16-27-24(21)23/h4-8,11-16,20H,9-10,17-19H2,1-3H3. The number of ether oxygens (including phenoxy) is 1. The lowest BCUT2D eigenvalue weighted by molar-refractivity contribution is 0.0171. The fraction of sp³-hybridized carbons (Fsp3) is 0.385. The normalized spacial score (nSPS) is 16.7. The number of aromatic nitrogens is 1. The van der Waals surface area contributed by atoms with Gasteiger partial charge in [-0.1, -0.05) is 36.4 Å². The molecular formula is C26H31N3O2S. The first-order chi connectivity index (χ1) is 15.4. The molecule has 1 unspecified atom stereocenters. The molecule has 6 heteroatoms. The lowest BCUT2D eigenvalue weighted by atomic mass is 9.98. The average Bonchev–Trinajstić information content (AvgIpc) is 2.78. The topological polar surface area (TPSA) is 45.7 Å². The largest absolute Gasteiger partial charge is 0.444 e. The maximum Gasteiger partial charge on any atom is 0.410 e. The molecule has 32 heavy (non-hydrogen) atoms. The van der Waals surface area contributed by atoms with E-state index in [0.717, 1.165) is 47.4 Å². The molecule has 2 aromatic carbocycles. The minimum absolute atomic E-state index is 0.209. The van der Waals surface area contributed by atoms with Crippen LogP contribution >= 0.6 is 11.9 Å². The molecule has 4 rings (SSSR count). The van der Waals surface area contributed by atoms with E-state index < -0.39 is 5.60 Å². The molecule has 5 nitrogen and oxygen atoms in total. The van der Waals surface area contributed by atoms with Crippen molar-refractivity contribution in [3.05, 3.63) is 66.9 Å². The number of pyridine rings is 1. The van der Waals surface area contributed by atoms with Gasteiger partial charge in [0.2, 0.25) is 0 Å². The number of hydrogen-bond acceptors (Lipinski definition) is 5. The Balaban J connectivity index is 1.53. The molecule has 0 saturated carbocycles. The predicted molar refractivity (Wildman–Crippen MR) is 132 cm³/mol. The molecule has 0 radical (unpaired) electrons. The van der Waals surface area contributed by atoms with Crippen molar-refractivity contribution >= 4 is 34.6 Å². The summed E-state index contributed by atoms with van der Waals surface area (Å²) in [5.41, 5.74) is 1.69. The van der Waals surface area contributed by atoms with Crippen LogP contribution < -0.4 is 4.31 Å². The number of fused-ring (bicyclic) bond motifs is 1. The van der Waals surface area contributed by atoms with Crippen molar-refractivity contribution < 1.29 is 9.53 Å². The van der Waals surface area contributed by atoms with E-state index in [1.807, 2.05) is 44.0 Å². The van der Waals surface area contributed by atoms with Gasteiger partial charge in [0, 0.05) is 36.9 Å². The Bertz CT molecular complexity index is 1050. The van der Waals surface area contributed by atoms with Gasteiger partial charge in [-0.2, -0.15) is 0 Å². The Hall–Kier alpha value is -2.73. The highest BCUT2D eigenvalue weighted by atomic mass is 32.2. The molecule has 1 aliphatic heterocycles. The summed E-state index contributed by atoms with van der Waals surface area (Å²) in [6.07, 6.45) is 3.72. The van der Waals surface area contributed by atoms with Gasteiger partial charge >= 0.3 is 6.09 Å². The predicted octanol–water partition coefficient (Wildman–Crippen LogP) is 6.40. The van der Waals surface area contributed by atoms with Crippen LogP contribution in [0, 0.1) is 5.92 Å². The van der Waals surface area contributed by atoms with Crippen LogP contribution in [0.1, 0.15) is 33.6 Å². The first-order valence-electron chi connectivity index (χ1n) is 11.2. The smallest absolute Gasteiger partial charge is 0.410 e. The van der Waals surface area contributed by atoms with Crippen LogP contribution in [0.4, 0.5) is 10.5 Å². The average molecular weight is 450 g/mol. The van der Waals surface area contributed by atoms with Crippen LogP contribution in [0.3, 0.4) is 0 Å². The Morgan fingerprint density at radius 2 is 1.91 bits per heavy atom. The van der Waals surface area contributed by atoms with Crippen LogP contribution in [-0.4, -0.2) is 41.2 Å². The minimum atomic E-state index is -0.475. The zero-order valence-electron chi connectivity index (χ0n) is 19.0. The Morgan fingerprint density at radius 3 is 2.69 bits per heavy atom. The van der Waals surface area contributed by atoms with Gasteiger partial charge in [0.15, 0.2) is 0 Å². The zero-order chi connectivity index (χ0) is 22.6. The van der Waals surface area contributed by atoms with E-state index in [-0.39, 0.29) is 6.09 Å². The second kappa shape index (κ2) is 9.82. The van der Waals surface area contributed by atoms with Gasteiger partial charge in [0.05, 0.1) is 10.4 Å². The molecular weight excluding hydrogens is 418 g/mol. The summed E-state index contributed by atoms with van der Waals surface area (Å²) in [7, 11) is 0. The monoisotopic (exact) mass is 449 g/mol. The third-order valence-electron chi connectivity index (χ3n) is 5.44. The number of carbonyl (C=O) groups excluding carboxylic acids is 1. The first-order valence-corrected chi connectivity index (χ1v) is 12.0. The molecule has 3 aromatic rings. The molecule has 168 valence electrons. The van der Waals surface area contributed by atoms with Crippen molar-refractivity contribution in [3.8, 4) is 0 Å². The molecule has 1 saturated heterocycles. The first kappa shape index (κ1) is 22.5. The van der Waals surface area contributed by atoms with Crippen molar-refractivity contribution in [3.63, 3.8) is 0 Å². The molecule has 0 bridgehead atoms. The quantitative estimate of drug-likeness (QED) is 0.422. The van der Waals surface area contributed by atoms with E-state index in [9.17, 15) is 4.79 Å². The molecule has 1 amide bonds. The number of benzene rings is 2. The Labute approximate surface area is 194 Å². The summed E-state index contributed by atoms with van der Waals surface area (Å²) in [6, 6.07) is 20.8. The van der Waals surface area contributed by atoms with E-state index >= 15 is 0 Å². The maximum atomic E-state index is 12.6. The second-order valence-electron chi connectivity index (χ2n) is 9.25. The highest BCUT2D eigenvalue weighted by Crippen LogP contribution is 2.34. The molecule has 1 aromatic heterocycles. The second-order valence-corrected chi connectivity index (χ2v) is 10.3. The van der Waals surface area contributed by atoms with Gasteiger partial charge in [-0.3, -0.25) is 4.98 Å². The van der Waals surface area contributed by atoms with E-state index in [2.05, 4.69) is 57.8 Å². The SMILES string of the molecule is CC(C)(C)OC(=O)N1CCCC(CN(Sc2cccc3cccnc23)c2ccccc2)C1. The fourth-order valence-electron chi connectivity index (χ4n) is 4.00. The van der Waals surface area contributed by atoms with Gasteiger partial charge in [0.25, 0.3) is 0 Å². The molecule has 1 aliphatic rings. The summed E-state index contributed by atoms with van der Waals surface area (Å²) in [5.74, 6) is 0.368. The lowest BCUT2D eigenvalue weighted by Gasteiger charge is -2.36. The third kappa shape index (κ3) is 5.74. The lowest BCUT2D eigenvalue weighted by Crippen LogP contribution is -2.45. The van der Waals surface area contributed by atoms with Gasteiger partial charge < -0.3 is 13.9 Å². The van der Waals surface area contributed by atoms with E-state index in [1.165, 1.54) is 0 Å². The molecule has 2 heterocycles. The fourth-order valence-corrected chi connectivity index (χ4v) is 5.15. The number of hydrogen-bond donors (Lipinski definition) is 0. The van der Waals surface area contributed by atoms with Crippen LogP contribution in [0.5, 0.6) is 0 Å². The highest BCUT2D eigenvalue weighted by molar-refractivity contribution is 8.00. The van der Waals surface area contributed by atoms with Gasteiger partial charge in [-0.25, -0.2) is 4.79 Å². The zero-order valence-corrected chi connectivity index (χ0v) is 19.8. The molecule has 1 fully saturated rings. The van der Waals surface area contributed by atoms with Crippen LogP contribution in [0.25, 0.3) is 10.9 Å². The molecule has 0 spiro atoms. The number of anilines is 1. The van der Waals surface area contributed by atoms with Crippen molar-refractivity contribution in [2.45, 2.75) is 44.1 Å². The number of nitrogens with zero attached hydrogens (tertiary/aromatic N) is 3. The summed E-state index contributed by atoms with van der Waals surface area (Å²) >= 11 is 1.72. The van der Waals surface area contributed by atoms with Gasteiger partial charge in [-0.15, -0.1) is 0 Å². The highest BCUT2D eigenvalue weighted by Gasteiger charge is 2.29. The van der Waals surface area contributed by atoms with Crippen molar-refractivity contribution in [2.24, 2.45) is 5.92 Å². The van der Waals surface area contributed by atoms with Gasteiger partial charge in [-0.05, 0) is 75.7 Å². The third-order valence-corrected chi connectivity index (χ3v) is 6.55. The van der Waals surface area contributed by atoms with Crippen molar-refractivity contribution in [2.75, 3.05) is 23.9 Å². The molecule has 0 aliphatic carbocycles. The number of likely N-dealkylation sites (tertiary alicyclic amines) is 1. The number of carbonyl (C=O) groups is 1. The Kier molecular flexibility index (Phi) is 6.89. The summed E-state index contributed by atoms with van der Waals surface area (Å²) < 4.78 is 7.96. The van der Waals surface area contributed by atoms with Crippen LogP contribution in [0.2, 0.25) is 0 Å². The van der Waals surface area contributed by atoms with E-state index in [0.29, 0.717) is 12.5 Å². The summed E-state index contributed by atoms with van der Waals surface area (Å²) in [6.45, 7) is 8.07. The molecule has 1 atom stereocenters. The Morgan fingerprint density at radius 1 is 1.12 bits per heavy atom. The minimum Gasteiger partial charge on any atom is -0.444 e. The van der Waals surface area contributed by atoms with Crippen molar-refractivity contribution in [1.82, 2.24) is 9.88 Å². The molecule has 0 N–H and O–H groups in total. The van der Waals surface area contributed by atoms with E-state index in [4.69, 9.17) is 4.74 Å². The number of piperidine rings is 1. The number of para-hydroxylation sites is 2. The van der Waals surface area contributed by atoms with Crippen LogP contribution in [-0.2, 0) is 4.74 Å². The van der Waals surface area contributed by atoms with Crippen LogP contribution in [0.15, 0.2) is 71.8 Å². The number of rotatable bonds is 5. The summed E-state index contributed by atoms with van der Waals surface area (Å²) in [4.78, 5) is 20.3. The maximum absolute atomic E-state index is 12.6. The summed E-state index contributed by atoms with van der Waals surface area (Å²) in [5, 5.41) is 1.14.